The molecule has 2 rings (SSSR count). The van der Waals surface area contributed by atoms with Crippen LogP contribution in [0.5, 0.6) is 0 Å². The first-order chi connectivity index (χ1) is 10.1. The second kappa shape index (κ2) is 7.36. The molecule has 0 amide bonds. The minimum absolute atomic E-state index is 0.270. The molecule has 2 heterocycles. The number of hydrogen-bond donors (Lipinski definition) is 2. The van der Waals surface area contributed by atoms with Crippen LogP contribution >= 0.6 is 11.3 Å². The SMILES string of the molecule is CCc1ccsc1CCC(CC)Nc1nc(C)nc(N)n1. The normalized spacial score (nSPS) is 12.3. The molecule has 2 aromatic rings. The number of nitrogens with one attached hydrogen (secondary N) is 1. The molecule has 2 aromatic heterocycles. The molecule has 0 radical (unpaired) electrons. The van der Waals surface area contributed by atoms with Crippen molar-refractivity contribution in [2.75, 3.05) is 11.1 Å². The highest BCUT2D eigenvalue weighted by Crippen LogP contribution is 2.21. The van der Waals surface area contributed by atoms with E-state index in [1.165, 1.54) is 10.4 Å². The van der Waals surface area contributed by atoms with Gasteiger partial charge in [-0.05, 0) is 49.6 Å². The summed E-state index contributed by atoms with van der Waals surface area (Å²) in [5.74, 6) is 1.49. The van der Waals surface area contributed by atoms with E-state index < -0.39 is 0 Å². The summed E-state index contributed by atoms with van der Waals surface area (Å²) in [7, 11) is 0. The van der Waals surface area contributed by atoms with Crippen LogP contribution in [0.1, 0.15) is 43.0 Å². The van der Waals surface area contributed by atoms with Gasteiger partial charge in [0.25, 0.3) is 0 Å². The Labute approximate surface area is 130 Å². The number of nitrogens with two attached hydrogens (primary N) is 1. The van der Waals surface area contributed by atoms with E-state index in [1.807, 2.05) is 18.3 Å². The first kappa shape index (κ1) is 15.7. The van der Waals surface area contributed by atoms with Crippen molar-refractivity contribution >= 4 is 23.2 Å². The molecule has 114 valence electrons. The Kier molecular flexibility index (Phi) is 5.50. The molecule has 1 unspecified atom stereocenters. The van der Waals surface area contributed by atoms with Gasteiger partial charge in [-0.3, -0.25) is 0 Å². The van der Waals surface area contributed by atoms with Crippen LogP contribution in [0.25, 0.3) is 0 Å². The summed E-state index contributed by atoms with van der Waals surface area (Å²) in [4.78, 5) is 13.9. The zero-order chi connectivity index (χ0) is 15.2. The maximum Gasteiger partial charge on any atom is 0.227 e. The van der Waals surface area contributed by atoms with Crippen molar-refractivity contribution in [2.45, 2.75) is 52.5 Å². The van der Waals surface area contributed by atoms with Crippen LogP contribution in [-0.2, 0) is 12.8 Å². The van der Waals surface area contributed by atoms with Crippen LogP contribution in [-0.4, -0.2) is 21.0 Å². The Bertz CT molecular complexity index is 561. The van der Waals surface area contributed by atoms with Gasteiger partial charge in [0.2, 0.25) is 11.9 Å². The topological polar surface area (TPSA) is 76.7 Å². The van der Waals surface area contributed by atoms with E-state index in [4.69, 9.17) is 5.73 Å². The summed E-state index contributed by atoms with van der Waals surface area (Å²) in [5.41, 5.74) is 7.13. The zero-order valence-corrected chi connectivity index (χ0v) is 13.7. The summed E-state index contributed by atoms with van der Waals surface area (Å²) in [5, 5.41) is 5.55. The average molecular weight is 305 g/mol. The van der Waals surface area contributed by atoms with E-state index in [-0.39, 0.29) is 5.95 Å². The number of thiophene rings is 1. The molecule has 0 aliphatic rings. The summed E-state index contributed by atoms with van der Waals surface area (Å²) >= 11 is 1.85. The smallest absolute Gasteiger partial charge is 0.227 e. The van der Waals surface area contributed by atoms with Gasteiger partial charge in [-0.15, -0.1) is 11.3 Å². The Morgan fingerprint density at radius 1 is 1.29 bits per heavy atom. The van der Waals surface area contributed by atoms with Gasteiger partial charge < -0.3 is 11.1 Å². The lowest BCUT2D eigenvalue weighted by Gasteiger charge is -2.17. The molecule has 0 saturated carbocycles. The third kappa shape index (κ3) is 4.39. The number of nitrogen functional groups attached to an aromatic ring is 1. The molecule has 21 heavy (non-hydrogen) atoms. The van der Waals surface area contributed by atoms with E-state index in [0.717, 1.165) is 25.7 Å². The summed E-state index contributed by atoms with van der Waals surface area (Å²) in [6.07, 6.45) is 4.28. The quantitative estimate of drug-likeness (QED) is 0.821. The predicted molar refractivity (Wildman–Crippen MR) is 88.7 cm³/mol. The van der Waals surface area contributed by atoms with E-state index in [2.05, 4.69) is 45.6 Å². The standard InChI is InChI=1S/C15H23N5S/c1-4-11-8-9-21-13(11)7-6-12(5-2)19-15-18-10(3)17-14(16)20-15/h8-9,12H,4-7H2,1-3H3,(H3,16,17,18,19,20). The second-order valence-electron chi connectivity index (χ2n) is 5.08. The van der Waals surface area contributed by atoms with Crippen LogP contribution in [0, 0.1) is 6.92 Å². The summed E-state index contributed by atoms with van der Waals surface area (Å²) in [6, 6.07) is 2.57. The number of anilines is 2. The molecule has 1 atom stereocenters. The number of nitrogens with zero attached hydrogens (tertiary/aromatic N) is 3. The van der Waals surface area contributed by atoms with Crippen molar-refractivity contribution in [1.82, 2.24) is 15.0 Å². The van der Waals surface area contributed by atoms with Crippen molar-refractivity contribution in [3.8, 4) is 0 Å². The van der Waals surface area contributed by atoms with E-state index in [9.17, 15) is 0 Å². The van der Waals surface area contributed by atoms with Crippen molar-refractivity contribution in [2.24, 2.45) is 0 Å². The molecular weight excluding hydrogens is 282 g/mol. The van der Waals surface area contributed by atoms with Gasteiger partial charge >= 0.3 is 0 Å². The van der Waals surface area contributed by atoms with Crippen molar-refractivity contribution in [1.29, 1.82) is 0 Å². The lowest BCUT2D eigenvalue weighted by atomic mass is 10.1. The number of hydrogen-bond acceptors (Lipinski definition) is 6. The molecule has 0 fully saturated rings. The maximum absolute atomic E-state index is 5.67. The first-order valence-corrected chi connectivity index (χ1v) is 8.30. The van der Waals surface area contributed by atoms with Gasteiger partial charge in [0.05, 0.1) is 0 Å². The van der Waals surface area contributed by atoms with Gasteiger partial charge in [-0.25, -0.2) is 0 Å². The largest absolute Gasteiger partial charge is 0.368 e. The lowest BCUT2D eigenvalue weighted by molar-refractivity contribution is 0.628. The van der Waals surface area contributed by atoms with Crippen LogP contribution in [0.15, 0.2) is 11.4 Å². The van der Waals surface area contributed by atoms with Gasteiger partial charge in [0.1, 0.15) is 5.82 Å². The van der Waals surface area contributed by atoms with Crippen LogP contribution < -0.4 is 11.1 Å². The number of rotatable bonds is 7. The molecule has 0 aliphatic heterocycles. The molecule has 5 nitrogen and oxygen atoms in total. The van der Waals surface area contributed by atoms with Gasteiger partial charge in [-0.2, -0.15) is 15.0 Å². The van der Waals surface area contributed by atoms with Crippen LogP contribution in [0.3, 0.4) is 0 Å². The minimum Gasteiger partial charge on any atom is -0.368 e. The highest BCUT2D eigenvalue weighted by molar-refractivity contribution is 7.10. The fourth-order valence-corrected chi connectivity index (χ4v) is 3.33. The maximum atomic E-state index is 5.67. The third-order valence-corrected chi connectivity index (χ3v) is 4.55. The fraction of sp³-hybridized carbons (Fsp3) is 0.533. The van der Waals surface area contributed by atoms with Crippen molar-refractivity contribution in [3.05, 3.63) is 27.7 Å². The van der Waals surface area contributed by atoms with E-state index in [0.29, 0.717) is 17.8 Å². The predicted octanol–water partition coefficient (Wildman–Crippen LogP) is 3.21. The zero-order valence-electron chi connectivity index (χ0n) is 12.9. The van der Waals surface area contributed by atoms with Gasteiger partial charge in [0, 0.05) is 10.9 Å². The highest BCUT2D eigenvalue weighted by atomic mass is 32.1. The van der Waals surface area contributed by atoms with Crippen LogP contribution in [0.4, 0.5) is 11.9 Å². The number of aromatic nitrogens is 3. The average Bonchev–Trinajstić information content (AvgIpc) is 2.89. The molecule has 0 aromatic carbocycles. The number of aryl methyl sites for hydroxylation is 3. The van der Waals surface area contributed by atoms with E-state index in [1.54, 1.807) is 0 Å². The Hall–Kier alpha value is -1.69. The molecule has 0 spiro atoms. The second-order valence-corrected chi connectivity index (χ2v) is 6.08. The fourth-order valence-electron chi connectivity index (χ4n) is 2.33. The third-order valence-electron chi connectivity index (χ3n) is 3.53. The molecule has 0 aliphatic carbocycles. The van der Waals surface area contributed by atoms with Crippen molar-refractivity contribution < 1.29 is 0 Å². The lowest BCUT2D eigenvalue weighted by Crippen LogP contribution is -2.21. The van der Waals surface area contributed by atoms with Crippen LogP contribution in [0.2, 0.25) is 0 Å². The Morgan fingerprint density at radius 3 is 2.76 bits per heavy atom. The molecular formula is C15H23N5S. The first-order valence-electron chi connectivity index (χ1n) is 7.42. The van der Waals surface area contributed by atoms with Crippen molar-refractivity contribution in [3.63, 3.8) is 0 Å². The summed E-state index contributed by atoms with van der Waals surface area (Å²) < 4.78 is 0. The van der Waals surface area contributed by atoms with E-state index >= 15 is 0 Å². The highest BCUT2D eigenvalue weighted by Gasteiger charge is 2.11. The monoisotopic (exact) mass is 305 g/mol. The molecule has 6 heteroatoms. The Balaban J connectivity index is 1.97. The van der Waals surface area contributed by atoms with Gasteiger partial charge in [0.15, 0.2) is 0 Å². The molecule has 0 bridgehead atoms. The minimum atomic E-state index is 0.270. The van der Waals surface area contributed by atoms with Gasteiger partial charge in [-0.1, -0.05) is 13.8 Å². The molecule has 3 N–H and O–H groups in total. The Morgan fingerprint density at radius 2 is 2.10 bits per heavy atom. The summed E-state index contributed by atoms with van der Waals surface area (Å²) in [6.45, 7) is 6.20. The molecule has 0 saturated heterocycles.